The van der Waals surface area contributed by atoms with Crippen LogP contribution in [0.2, 0.25) is 0 Å². The summed E-state index contributed by atoms with van der Waals surface area (Å²) in [5, 5.41) is 22.4. The van der Waals surface area contributed by atoms with E-state index in [0.717, 1.165) is 86.0 Å². The van der Waals surface area contributed by atoms with Crippen LogP contribution in [0.3, 0.4) is 0 Å². The molecule has 6 heterocycles. The van der Waals surface area contributed by atoms with E-state index >= 15 is 0 Å². The molecule has 0 unspecified atom stereocenters. The van der Waals surface area contributed by atoms with Gasteiger partial charge in [0.25, 0.3) is 0 Å². The Morgan fingerprint density at radius 1 is 0.636 bits per heavy atom. The molecule has 0 atom stereocenters. The summed E-state index contributed by atoms with van der Waals surface area (Å²) < 4.78 is 11.3. The molecule has 6 rings (SSSR count). The molecule has 234 valence electrons. The lowest BCUT2D eigenvalue weighted by atomic mass is 9.84. The fourth-order valence-electron chi connectivity index (χ4n) is 6.53. The topological polar surface area (TPSA) is 105 Å². The summed E-state index contributed by atoms with van der Waals surface area (Å²) >= 11 is 0. The number of likely N-dealkylation sites (N-methyl/N-ethyl adjacent to an activating group) is 2. The van der Waals surface area contributed by atoms with Gasteiger partial charge < -0.3 is 19.3 Å². The molecule has 2 aromatic rings. The number of anilines is 2. The number of pyridine rings is 2. The molecule has 4 aliphatic heterocycles. The van der Waals surface area contributed by atoms with Gasteiger partial charge in [0.05, 0.1) is 37.6 Å². The average Bonchev–Trinajstić information content (AvgIpc) is 3.01. The van der Waals surface area contributed by atoms with E-state index in [2.05, 4.69) is 73.5 Å². The Morgan fingerprint density at radius 3 is 1.34 bits per heavy atom. The van der Waals surface area contributed by atoms with Crippen molar-refractivity contribution in [2.75, 3.05) is 76.5 Å². The molecule has 0 spiro atoms. The van der Waals surface area contributed by atoms with Gasteiger partial charge in [0.1, 0.15) is 33.8 Å². The first-order valence-electron chi connectivity index (χ1n) is 15.4. The molecule has 4 aliphatic rings. The summed E-state index contributed by atoms with van der Waals surface area (Å²) in [7, 11) is 7.21. The summed E-state index contributed by atoms with van der Waals surface area (Å²) in [6, 6.07) is 5.06. The molecule has 0 saturated carbocycles. The van der Waals surface area contributed by atoms with Crippen molar-refractivity contribution in [3.63, 3.8) is 0 Å². The lowest BCUT2D eigenvalue weighted by Gasteiger charge is -2.43. The quantitative estimate of drug-likeness (QED) is 0.440. The van der Waals surface area contributed by atoms with Crippen LogP contribution in [0.15, 0.2) is 10.1 Å². The Bertz CT molecular complexity index is 1410. The highest BCUT2D eigenvalue weighted by Crippen LogP contribution is 2.47. The fourth-order valence-corrected chi connectivity index (χ4v) is 8.64. The Kier molecular flexibility index (Phi) is 8.79. The molecule has 2 saturated heterocycles. The Labute approximate surface area is 269 Å². The maximum Gasteiger partial charge on any atom is 0.134 e. The minimum atomic E-state index is -0.0850. The number of hydrogen-bond acceptors (Lipinski definition) is 12. The van der Waals surface area contributed by atoms with Crippen LogP contribution in [0.1, 0.15) is 61.1 Å². The number of nitrogens with zero attached hydrogens (tertiary/aromatic N) is 8. The van der Waals surface area contributed by atoms with E-state index in [0.29, 0.717) is 47.6 Å². The standard InChI is InChI=1S/C32H42N8O2S2/c1-31(2)15-21-23(17-33)29(35-27(25(21)19-37(31)5)39-7-11-41-12-8-39)43-44-30-24(18-34)22-16-32(3,4)38(6)20-26(22)28(36-30)40-9-13-42-14-10-40/h7-16,19-20H2,1-6H3. The Hall–Kier alpha value is -2.58. The molecule has 2 fully saturated rings. The summed E-state index contributed by atoms with van der Waals surface area (Å²) in [4.78, 5) is 19.7. The SMILES string of the molecule is CN1Cc2c(N3CCOCC3)nc(SSc3nc(N4CCOCC4)c4c(c3C#N)CC(C)(C)N(C)C4)c(C#N)c2CC1(C)C. The van der Waals surface area contributed by atoms with Gasteiger partial charge in [-0.25, -0.2) is 9.97 Å². The predicted octanol–water partition coefficient (Wildman–Crippen LogP) is 4.23. The lowest BCUT2D eigenvalue weighted by Crippen LogP contribution is -2.47. The first-order chi connectivity index (χ1) is 21.0. The van der Waals surface area contributed by atoms with E-state index in [1.54, 1.807) is 0 Å². The second-order valence-electron chi connectivity index (χ2n) is 13.4. The first-order valence-corrected chi connectivity index (χ1v) is 17.5. The number of nitriles is 2. The normalized spacial score (nSPS) is 21.7. The average molecular weight is 635 g/mol. The fraction of sp³-hybridized carbons (Fsp3) is 0.625. The maximum atomic E-state index is 10.5. The molecule has 0 aliphatic carbocycles. The van der Waals surface area contributed by atoms with Crippen LogP contribution in [0.4, 0.5) is 11.6 Å². The largest absolute Gasteiger partial charge is 0.378 e. The number of fused-ring (bicyclic) bond motifs is 2. The van der Waals surface area contributed by atoms with Crippen molar-refractivity contribution in [1.82, 2.24) is 19.8 Å². The molecule has 0 radical (unpaired) electrons. The predicted molar refractivity (Wildman–Crippen MR) is 174 cm³/mol. The van der Waals surface area contributed by atoms with Crippen molar-refractivity contribution in [2.24, 2.45) is 0 Å². The second kappa shape index (κ2) is 12.3. The zero-order chi connectivity index (χ0) is 31.2. The van der Waals surface area contributed by atoms with E-state index in [4.69, 9.17) is 19.4 Å². The van der Waals surface area contributed by atoms with E-state index in [1.165, 1.54) is 21.6 Å². The van der Waals surface area contributed by atoms with Gasteiger partial charge in [-0.1, -0.05) is 0 Å². The molecule has 2 aromatic heterocycles. The van der Waals surface area contributed by atoms with Crippen molar-refractivity contribution in [1.29, 1.82) is 10.5 Å². The summed E-state index contributed by atoms with van der Waals surface area (Å²) in [5.41, 5.74) is 5.58. The highest BCUT2D eigenvalue weighted by Gasteiger charge is 2.38. The van der Waals surface area contributed by atoms with Crippen molar-refractivity contribution in [3.05, 3.63) is 33.4 Å². The number of rotatable bonds is 5. The molecule has 10 nitrogen and oxygen atoms in total. The van der Waals surface area contributed by atoms with Crippen molar-refractivity contribution >= 4 is 33.2 Å². The number of morpholine rings is 2. The number of aromatic nitrogens is 2. The molecule has 44 heavy (non-hydrogen) atoms. The molecular formula is C32H42N8O2S2. The molecular weight excluding hydrogens is 593 g/mol. The minimum absolute atomic E-state index is 0.0850. The maximum absolute atomic E-state index is 10.5. The van der Waals surface area contributed by atoms with Gasteiger partial charge in [-0.2, -0.15) is 10.5 Å². The van der Waals surface area contributed by atoms with Gasteiger partial charge in [0.15, 0.2) is 0 Å². The zero-order valence-corrected chi connectivity index (χ0v) is 28.3. The molecule has 0 aromatic carbocycles. The summed E-state index contributed by atoms with van der Waals surface area (Å²) in [6.45, 7) is 16.1. The van der Waals surface area contributed by atoms with Crippen molar-refractivity contribution in [3.8, 4) is 12.1 Å². The highest BCUT2D eigenvalue weighted by molar-refractivity contribution is 8.76. The molecule has 0 amide bonds. The highest BCUT2D eigenvalue weighted by atomic mass is 33.1. The van der Waals surface area contributed by atoms with Gasteiger partial charge in [0.2, 0.25) is 0 Å². The van der Waals surface area contributed by atoms with Crippen LogP contribution in [-0.2, 0) is 35.4 Å². The number of hydrogen-bond donors (Lipinski definition) is 0. The zero-order valence-electron chi connectivity index (χ0n) is 26.7. The monoisotopic (exact) mass is 634 g/mol. The van der Waals surface area contributed by atoms with E-state index in [9.17, 15) is 10.5 Å². The first kappa shape index (κ1) is 31.4. The van der Waals surface area contributed by atoms with E-state index < -0.39 is 0 Å². The third kappa shape index (κ3) is 5.77. The Balaban J connectivity index is 1.43. The van der Waals surface area contributed by atoms with Crippen LogP contribution in [0.25, 0.3) is 0 Å². The smallest absolute Gasteiger partial charge is 0.134 e. The van der Waals surface area contributed by atoms with Crippen LogP contribution >= 0.6 is 21.6 Å². The van der Waals surface area contributed by atoms with Gasteiger partial charge in [-0.3, -0.25) is 9.80 Å². The van der Waals surface area contributed by atoms with Crippen LogP contribution in [-0.4, -0.2) is 97.5 Å². The minimum Gasteiger partial charge on any atom is -0.378 e. The van der Waals surface area contributed by atoms with Crippen LogP contribution < -0.4 is 9.80 Å². The number of ether oxygens (including phenoxy) is 2. The van der Waals surface area contributed by atoms with Gasteiger partial charge in [-0.15, -0.1) is 0 Å². The Morgan fingerprint density at radius 2 is 1.00 bits per heavy atom. The second-order valence-corrected chi connectivity index (χ2v) is 15.5. The molecule has 0 N–H and O–H groups in total. The third-order valence-corrected chi connectivity index (χ3v) is 12.0. The van der Waals surface area contributed by atoms with Crippen LogP contribution in [0.5, 0.6) is 0 Å². The molecule has 12 heteroatoms. The van der Waals surface area contributed by atoms with E-state index in [1.807, 2.05) is 0 Å². The lowest BCUT2D eigenvalue weighted by molar-refractivity contribution is 0.120. The van der Waals surface area contributed by atoms with Crippen molar-refractivity contribution < 1.29 is 9.47 Å². The van der Waals surface area contributed by atoms with E-state index in [-0.39, 0.29) is 11.1 Å². The summed E-state index contributed by atoms with van der Waals surface area (Å²) in [6.07, 6.45) is 1.54. The van der Waals surface area contributed by atoms with Crippen molar-refractivity contribution in [2.45, 2.75) is 74.8 Å². The van der Waals surface area contributed by atoms with Gasteiger partial charge in [0, 0.05) is 61.5 Å². The van der Waals surface area contributed by atoms with Crippen LogP contribution in [0, 0.1) is 22.7 Å². The third-order valence-electron chi connectivity index (χ3n) is 9.84. The summed E-state index contributed by atoms with van der Waals surface area (Å²) in [5.74, 6) is 1.90. The van der Waals surface area contributed by atoms with Gasteiger partial charge >= 0.3 is 0 Å². The van der Waals surface area contributed by atoms with Gasteiger partial charge in [-0.05, 0) is 87.3 Å². The molecule has 0 bridgehead atoms.